The summed E-state index contributed by atoms with van der Waals surface area (Å²) in [5.74, 6) is -1.07. The van der Waals surface area contributed by atoms with Gasteiger partial charge in [-0.2, -0.15) is 5.10 Å². The number of carbonyl (C=O) groups excluding carboxylic acids is 2. The van der Waals surface area contributed by atoms with E-state index in [1.54, 1.807) is 24.3 Å². The highest BCUT2D eigenvalue weighted by Gasteiger charge is 2.35. The molecule has 0 saturated heterocycles. The number of hydrogen-bond donors (Lipinski definition) is 4. The second-order valence-electron chi connectivity index (χ2n) is 11.6. The Hall–Kier alpha value is -4.58. The number of nitrogens with one attached hydrogen (secondary N) is 2. The number of aromatic nitrogens is 4. The van der Waals surface area contributed by atoms with Crippen molar-refractivity contribution in [1.82, 2.24) is 20.3 Å². The first-order valence-corrected chi connectivity index (χ1v) is 14.8. The van der Waals surface area contributed by atoms with E-state index in [0.29, 0.717) is 36.6 Å². The number of aryl methyl sites for hydroxylation is 1. The van der Waals surface area contributed by atoms with Gasteiger partial charge in [-0.25, -0.2) is 9.69 Å². The normalized spacial score (nSPS) is 17.0. The number of halogens is 1. The van der Waals surface area contributed by atoms with Crippen LogP contribution < -0.4 is 22.1 Å². The van der Waals surface area contributed by atoms with E-state index in [2.05, 4.69) is 31.8 Å². The van der Waals surface area contributed by atoms with Crippen LogP contribution in [0.15, 0.2) is 76.2 Å². The molecule has 2 heterocycles. The molecular formula is C33H36ClN7O4. The number of fused-ring (bicyclic) bond motifs is 1. The van der Waals surface area contributed by atoms with Crippen molar-refractivity contribution in [2.45, 2.75) is 45.1 Å². The van der Waals surface area contributed by atoms with Gasteiger partial charge in [0.15, 0.2) is 5.82 Å². The standard InChI is InChI=1S/C33H35N7O4.ClH/c1-19-5-14-28-26(18-36-38-28)29(19)24-4-2-3-21(15-24)16-27(35)32(42)40(31(41)23-8-6-20(17-34)7-9-23)25-12-10-22(11-13-25)30-37-33(43)44-39-30;/h2-5,10-15,18,20,23,27H,6-9,16-17,34-35H2,1H3,(H,36,38)(H,37,39,43);1H/t20-,23-,27-;/m0./s1. The minimum Gasteiger partial charge on any atom is -0.330 e. The largest absolute Gasteiger partial charge is 0.439 e. The van der Waals surface area contributed by atoms with Gasteiger partial charge in [0, 0.05) is 16.9 Å². The summed E-state index contributed by atoms with van der Waals surface area (Å²) in [5.41, 5.74) is 18.4. The number of nitrogens with two attached hydrogens (primary N) is 2. The van der Waals surface area contributed by atoms with Crippen LogP contribution in [-0.2, 0) is 16.0 Å². The fourth-order valence-corrected chi connectivity index (χ4v) is 6.18. The zero-order valence-corrected chi connectivity index (χ0v) is 25.7. The average molecular weight is 630 g/mol. The Bertz CT molecular complexity index is 1850. The third-order valence-electron chi connectivity index (χ3n) is 8.63. The maximum Gasteiger partial charge on any atom is 0.439 e. The SMILES string of the molecule is Cc1ccc2[nH]ncc2c1-c1cccc(C[C@H](N)C(=O)N(c2ccc(-c3noc(=O)[nH]3)cc2)C(=O)[C@H]2CC[C@H](CN)CC2)c1.Cl. The lowest BCUT2D eigenvalue weighted by Gasteiger charge is -2.32. The zero-order valence-electron chi connectivity index (χ0n) is 24.9. The number of carbonyl (C=O) groups is 2. The van der Waals surface area contributed by atoms with Crippen molar-refractivity contribution in [3.8, 4) is 22.5 Å². The van der Waals surface area contributed by atoms with Crippen molar-refractivity contribution < 1.29 is 14.1 Å². The topological polar surface area (TPSA) is 177 Å². The molecule has 1 fully saturated rings. The van der Waals surface area contributed by atoms with Gasteiger partial charge < -0.3 is 11.5 Å². The van der Waals surface area contributed by atoms with Crippen LogP contribution >= 0.6 is 12.4 Å². The molecule has 0 aliphatic heterocycles. The number of rotatable bonds is 8. The average Bonchev–Trinajstić information content (AvgIpc) is 3.70. The van der Waals surface area contributed by atoms with Gasteiger partial charge in [0.05, 0.1) is 23.4 Å². The number of nitrogens with zero attached hydrogens (tertiary/aromatic N) is 3. The third-order valence-corrected chi connectivity index (χ3v) is 8.63. The smallest absolute Gasteiger partial charge is 0.330 e. The summed E-state index contributed by atoms with van der Waals surface area (Å²) in [6.07, 6.45) is 5.08. The Morgan fingerprint density at radius 2 is 1.80 bits per heavy atom. The summed E-state index contributed by atoms with van der Waals surface area (Å²) in [5, 5.41) is 12.0. The van der Waals surface area contributed by atoms with Crippen molar-refractivity contribution in [2.75, 3.05) is 11.4 Å². The predicted molar refractivity (Wildman–Crippen MR) is 175 cm³/mol. The minimum absolute atomic E-state index is 0. The molecule has 6 rings (SSSR count). The first kappa shape index (κ1) is 31.8. The van der Waals surface area contributed by atoms with E-state index in [0.717, 1.165) is 46.0 Å². The molecule has 5 aromatic rings. The van der Waals surface area contributed by atoms with Crippen LogP contribution in [0.4, 0.5) is 5.69 Å². The van der Waals surface area contributed by atoms with Crippen molar-refractivity contribution in [3.05, 3.63) is 88.5 Å². The third kappa shape index (κ3) is 6.60. The molecular weight excluding hydrogens is 594 g/mol. The summed E-state index contributed by atoms with van der Waals surface area (Å²) in [6.45, 7) is 2.65. The van der Waals surface area contributed by atoms with E-state index in [9.17, 15) is 14.4 Å². The number of benzene rings is 3. The molecule has 1 aliphatic carbocycles. The van der Waals surface area contributed by atoms with Crippen LogP contribution in [0.3, 0.4) is 0 Å². The Morgan fingerprint density at radius 1 is 1.04 bits per heavy atom. The lowest BCUT2D eigenvalue weighted by atomic mass is 9.81. The maximum absolute atomic E-state index is 14.0. The van der Waals surface area contributed by atoms with Crippen molar-refractivity contribution >= 4 is 40.8 Å². The van der Waals surface area contributed by atoms with E-state index < -0.39 is 17.7 Å². The Balaban J connectivity index is 0.00000400. The summed E-state index contributed by atoms with van der Waals surface area (Å²) in [6, 6.07) is 17.7. The second-order valence-corrected chi connectivity index (χ2v) is 11.6. The first-order chi connectivity index (χ1) is 21.3. The van der Waals surface area contributed by atoms with Gasteiger partial charge in [-0.1, -0.05) is 35.5 Å². The number of H-pyrrole nitrogens is 2. The molecule has 1 atom stereocenters. The number of amides is 2. The van der Waals surface area contributed by atoms with E-state index in [1.807, 2.05) is 42.6 Å². The van der Waals surface area contributed by atoms with Gasteiger partial charge in [-0.3, -0.25) is 24.2 Å². The molecule has 3 aromatic carbocycles. The molecule has 1 aliphatic rings. The van der Waals surface area contributed by atoms with E-state index in [1.165, 1.54) is 4.90 Å². The number of anilines is 1. The molecule has 0 radical (unpaired) electrons. The van der Waals surface area contributed by atoms with Crippen molar-refractivity contribution in [2.24, 2.45) is 23.3 Å². The fraction of sp³-hybridized carbons (Fsp3) is 0.303. The van der Waals surface area contributed by atoms with Gasteiger partial charge in [0.25, 0.3) is 5.91 Å². The number of imide groups is 1. The van der Waals surface area contributed by atoms with E-state index in [-0.39, 0.29) is 36.5 Å². The highest BCUT2D eigenvalue weighted by Crippen LogP contribution is 2.33. The predicted octanol–water partition coefficient (Wildman–Crippen LogP) is 4.50. The minimum atomic E-state index is -0.966. The van der Waals surface area contributed by atoms with E-state index in [4.69, 9.17) is 11.5 Å². The highest BCUT2D eigenvalue weighted by molar-refractivity contribution is 6.17. The maximum atomic E-state index is 14.0. The first-order valence-electron chi connectivity index (χ1n) is 14.8. The van der Waals surface area contributed by atoms with Gasteiger partial charge >= 0.3 is 5.76 Å². The Kier molecular flexibility index (Phi) is 9.62. The highest BCUT2D eigenvalue weighted by atomic mass is 35.5. The molecule has 0 spiro atoms. The van der Waals surface area contributed by atoms with Crippen LogP contribution in [-0.4, -0.2) is 44.7 Å². The van der Waals surface area contributed by atoms with Crippen molar-refractivity contribution in [3.63, 3.8) is 0 Å². The quantitative estimate of drug-likeness (QED) is 0.194. The molecule has 0 bridgehead atoms. The zero-order chi connectivity index (χ0) is 30.8. The molecule has 2 amide bonds. The lowest BCUT2D eigenvalue weighted by Crippen LogP contribution is -2.50. The molecule has 6 N–H and O–H groups in total. The van der Waals surface area contributed by atoms with Crippen LogP contribution in [0, 0.1) is 18.8 Å². The molecule has 45 heavy (non-hydrogen) atoms. The van der Waals surface area contributed by atoms with Gasteiger partial charge in [0.2, 0.25) is 5.91 Å². The van der Waals surface area contributed by atoms with Gasteiger partial charge in [0.1, 0.15) is 0 Å². The van der Waals surface area contributed by atoms with Crippen LogP contribution in [0.5, 0.6) is 0 Å². The van der Waals surface area contributed by atoms with Crippen LogP contribution in [0.2, 0.25) is 0 Å². The molecule has 12 heteroatoms. The summed E-state index contributed by atoms with van der Waals surface area (Å²) in [4.78, 5) is 43.1. The molecule has 2 aromatic heterocycles. The molecule has 1 saturated carbocycles. The molecule has 0 unspecified atom stereocenters. The summed E-state index contributed by atoms with van der Waals surface area (Å²) < 4.78 is 4.61. The monoisotopic (exact) mass is 629 g/mol. The number of hydrogen-bond acceptors (Lipinski definition) is 8. The molecule has 234 valence electrons. The van der Waals surface area contributed by atoms with Gasteiger partial charge in [-0.05, 0) is 104 Å². The summed E-state index contributed by atoms with van der Waals surface area (Å²) in [7, 11) is 0. The van der Waals surface area contributed by atoms with Crippen LogP contribution in [0.25, 0.3) is 33.4 Å². The second kappa shape index (κ2) is 13.6. The Morgan fingerprint density at radius 3 is 2.49 bits per heavy atom. The number of aromatic amines is 2. The van der Waals surface area contributed by atoms with Crippen LogP contribution in [0.1, 0.15) is 36.8 Å². The molecule has 11 nitrogen and oxygen atoms in total. The summed E-state index contributed by atoms with van der Waals surface area (Å²) >= 11 is 0. The van der Waals surface area contributed by atoms with Crippen molar-refractivity contribution in [1.29, 1.82) is 0 Å². The van der Waals surface area contributed by atoms with Gasteiger partial charge in [-0.15, -0.1) is 12.4 Å². The van der Waals surface area contributed by atoms with E-state index >= 15 is 0 Å². The Labute approximate surface area is 265 Å². The fourth-order valence-electron chi connectivity index (χ4n) is 6.18. The lowest BCUT2D eigenvalue weighted by molar-refractivity contribution is -0.130.